The summed E-state index contributed by atoms with van der Waals surface area (Å²) >= 11 is 0. The van der Waals surface area contributed by atoms with Gasteiger partial charge in [0.2, 0.25) is 0 Å². The highest BCUT2D eigenvalue weighted by Gasteiger charge is 2.05. The molecule has 72 valence electrons. The number of nitrogens with zero attached hydrogens (tertiary/aromatic N) is 1. The molecule has 0 spiro atoms. The molecule has 1 heterocycles. The molecule has 0 amide bonds. The van der Waals surface area contributed by atoms with Gasteiger partial charge in [-0.1, -0.05) is 0 Å². The highest BCUT2D eigenvalue weighted by molar-refractivity contribution is 5.14. The summed E-state index contributed by atoms with van der Waals surface area (Å²) in [6, 6.07) is 4.22. The number of hydrogen-bond donors (Lipinski definition) is 2. The van der Waals surface area contributed by atoms with Gasteiger partial charge in [-0.2, -0.15) is 0 Å². The molecule has 1 aromatic rings. The van der Waals surface area contributed by atoms with Crippen molar-refractivity contribution in [1.29, 1.82) is 0 Å². The van der Waals surface area contributed by atoms with Gasteiger partial charge in [-0.25, -0.2) is 0 Å². The number of rotatable bonds is 4. The van der Waals surface area contributed by atoms with Gasteiger partial charge in [-0.15, -0.1) is 0 Å². The Balaban J connectivity index is 2.44. The van der Waals surface area contributed by atoms with Gasteiger partial charge in [0, 0.05) is 24.5 Å². The third-order valence-electron chi connectivity index (χ3n) is 2.07. The second-order valence-corrected chi connectivity index (χ2v) is 3.44. The van der Waals surface area contributed by atoms with Crippen LogP contribution in [0.4, 0.5) is 0 Å². The van der Waals surface area contributed by atoms with Gasteiger partial charge in [0.15, 0.2) is 0 Å². The molecule has 2 atom stereocenters. The van der Waals surface area contributed by atoms with Crippen LogP contribution in [0.15, 0.2) is 24.5 Å². The Hall–Kier alpha value is -0.930. The molecule has 1 aromatic heterocycles. The lowest BCUT2D eigenvalue weighted by molar-refractivity contribution is 0.555. The van der Waals surface area contributed by atoms with Gasteiger partial charge < -0.3 is 11.5 Å². The lowest BCUT2D eigenvalue weighted by Gasteiger charge is -2.12. The summed E-state index contributed by atoms with van der Waals surface area (Å²) in [4.78, 5) is 3.94. The Morgan fingerprint density at radius 1 is 1.23 bits per heavy atom. The highest BCUT2D eigenvalue weighted by Crippen LogP contribution is 2.14. The van der Waals surface area contributed by atoms with Crippen molar-refractivity contribution in [2.24, 2.45) is 11.5 Å². The molecule has 4 N–H and O–H groups in total. The van der Waals surface area contributed by atoms with Gasteiger partial charge in [0.05, 0.1) is 0 Å². The maximum absolute atomic E-state index is 5.96. The molecule has 0 bridgehead atoms. The zero-order valence-electron chi connectivity index (χ0n) is 7.98. The molecular formula is C10H17N3. The van der Waals surface area contributed by atoms with Gasteiger partial charge >= 0.3 is 0 Å². The van der Waals surface area contributed by atoms with E-state index in [0.717, 1.165) is 18.4 Å². The van der Waals surface area contributed by atoms with E-state index in [1.54, 1.807) is 12.4 Å². The van der Waals surface area contributed by atoms with E-state index >= 15 is 0 Å². The van der Waals surface area contributed by atoms with Crippen molar-refractivity contribution in [3.8, 4) is 0 Å². The van der Waals surface area contributed by atoms with E-state index in [0.29, 0.717) is 0 Å². The van der Waals surface area contributed by atoms with Crippen LogP contribution in [0.3, 0.4) is 0 Å². The Kier molecular flexibility index (Phi) is 3.86. The first-order chi connectivity index (χ1) is 6.20. The summed E-state index contributed by atoms with van der Waals surface area (Å²) < 4.78 is 0. The normalized spacial score (nSPS) is 15.3. The second kappa shape index (κ2) is 4.94. The summed E-state index contributed by atoms with van der Waals surface area (Å²) in [5.74, 6) is 0. The van der Waals surface area contributed by atoms with Crippen molar-refractivity contribution in [3.05, 3.63) is 30.1 Å². The van der Waals surface area contributed by atoms with Gasteiger partial charge in [0.25, 0.3) is 0 Å². The van der Waals surface area contributed by atoms with Gasteiger partial charge in [-0.3, -0.25) is 4.98 Å². The first-order valence-electron chi connectivity index (χ1n) is 4.61. The summed E-state index contributed by atoms with van der Waals surface area (Å²) in [5.41, 5.74) is 12.7. The van der Waals surface area contributed by atoms with E-state index < -0.39 is 0 Å². The Morgan fingerprint density at radius 3 is 2.38 bits per heavy atom. The topological polar surface area (TPSA) is 64.9 Å². The quantitative estimate of drug-likeness (QED) is 0.730. The molecule has 0 fully saturated rings. The predicted octanol–water partition coefficient (Wildman–Crippen LogP) is 1.21. The van der Waals surface area contributed by atoms with E-state index in [9.17, 15) is 0 Å². The average molecular weight is 179 g/mol. The van der Waals surface area contributed by atoms with Crippen molar-refractivity contribution >= 4 is 0 Å². The zero-order chi connectivity index (χ0) is 9.68. The zero-order valence-corrected chi connectivity index (χ0v) is 7.98. The smallest absolute Gasteiger partial charge is 0.0296 e. The summed E-state index contributed by atoms with van der Waals surface area (Å²) in [5, 5.41) is 0. The first kappa shape index (κ1) is 10.2. The predicted molar refractivity (Wildman–Crippen MR) is 54.0 cm³/mol. The van der Waals surface area contributed by atoms with E-state index in [1.165, 1.54) is 0 Å². The summed E-state index contributed by atoms with van der Waals surface area (Å²) in [6.45, 7) is 2.00. The molecule has 0 aliphatic heterocycles. The summed E-state index contributed by atoms with van der Waals surface area (Å²) in [6.07, 6.45) is 5.42. The van der Waals surface area contributed by atoms with E-state index in [2.05, 4.69) is 4.98 Å². The Bertz CT molecular complexity index is 233. The van der Waals surface area contributed by atoms with Crippen LogP contribution < -0.4 is 11.5 Å². The number of hydrogen-bond acceptors (Lipinski definition) is 3. The van der Waals surface area contributed by atoms with Gasteiger partial charge in [0.1, 0.15) is 0 Å². The Labute approximate surface area is 79.2 Å². The minimum atomic E-state index is 0.0917. The molecule has 13 heavy (non-hydrogen) atoms. The van der Waals surface area contributed by atoms with Crippen molar-refractivity contribution < 1.29 is 0 Å². The van der Waals surface area contributed by atoms with Gasteiger partial charge in [-0.05, 0) is 37.5 Å². The standard InChI is InChI=1S/C10H17N3/c1-8(11)2-3-10(12)9-4-6-13-7-5-9/h4-8,10H,2-3,11-12H2,1H3. The largest absolute Gasteiger partial charge is 0.328 e. The minimum absolute atomic E-state index is 0.0917. The lowest BCUT2D eigenvalue weighted by Crippen LogP contribution is -2.18. The fourth-order valence-electron chi connectivity index (χ4n) is 1.22. The molecule has 2 unspecified atom stereocenters. The third-order valence-corrected chi connectivity index (χ3v) is 2.07. The van der Waals surface area contributed by atoms with Crippen LogP contribution in [0, 0.1) is 0 Å². The van der Waals surface area contributed by atoms with Crippen LogP contribution >= 0.6 is 0 Å². The van der Waals surface area contributed by atoms with Crippen LogP contribution in [0.1, 0.15) is 31.4 Å². The molecule has 3 nitrogen and oxygen atoms in total. The SMILES string of the molecule is CC(N)CCC(N)c1ccncc1. The van der Waals surface area contributed by atoms with Crippen molar-refractivity contribution in [2.45, 2.75) is 31.8 Å². The fourth-order valence-corrected chi connectivity index (χ4v) is 1.22. The van der Waals surface area contributed by atoms with Crippen molar-refractivity contribution in [2.75, 3.05) is 0 Å². The molecule has 0 saturated carbocycles. The van der Waals surface area contributed by atoms with Crippen LogP contribution in [0.2, 0.25) is 0 Å². The minimum Gasteiger partial charge on any atom is -0.328 e. The molecule has 3 heteroatoms. The maximum Gasteiger partial charge on any atom is 0.0296 e. The van der Waals surface area contributed by atoms with Crippen LogP contribution in [-0.4, -0.2) is 11.0 Å². The maximum atomic E-state index is 5.96. The van der Waals surface area contributed by atoms with Crippen LogP contribution in [0.5, 0.6) is 0 Å². The Morgan fingerprint density at radius 2 is 1.85 bits per heavy atom. The van der Waals surface area contributed by atoms with Crippen LogP contribution in [0.25, 0.3) is 0 Å². The molecule has 0 aliphatic rings. The summed E-state index contributed by atoms with van der Waals surface area (Å²) in [7, 11) is 0. The van der Waals surface area contributed by atoms with Crippen LogP contribution in [-0.2, 0) is 0 Å². The molecule has 0 radical (unpaired) electrons. The average Bonchev–Trinajstić information content (AvgIpc) is 2.15. The molecule has 1 rings (SSSR count). The number of pyridine rings is 1. The van der Waals surface area contributed by atoms with Crippen molar-refractivity contribution in [3.63, 3.8) is 0 Å². The molecule has 0 aromatic carbocycles. The highest BCUT2D eigenvalue weighted by atomic mass is 14.7. The van der Waals surface area contributed by atoms with E-state index in [4.69, 9.17) is 11.5 Å². The fraction of sp³-hybridized carbons (Fsp3) is 0.500. The lowest BCUT2D eigenvalue weighted by atomic mass is 10.0. The third kappa shape index (κ3) is 3.53. The monoisotopic (exact) mass is 179 g/mol. The first-order valence-corrected chi connectivity index (χ1v) is 4.61. The van der Waals surface area contributed by atoms with E-state index in [1.807, 2.05) is 19.1 Å². The van der Waals surface area contributed by atoms with E-state index in [-0.39, 0.29) is 12.1 Å². The second-order valence-electron chi connectivity index (χ2n) is 3.44. The number of aromatic nitrogens is 1. The molecule has 0 saturated heterocycles. The molecular weight excluding hydrogens is 162 g/mol. The van der Waals surface area contributed by atoms with Crippen molar-refractivity contribution in [1.82, 2.24) is 4.98 Å². The molecule has 0 aliphatic carbocycles. The number of nitrogens with two attached hydrogens (primary N) is 2.